The first-order valence-electron chi connectivity index (χ1n) is 5.75. The Morgan fingerprint density at radius 2 is 1.76 bits per heavy atom. The number of aliphatic imine (C=N–C) groups is 1. The summed E-state index contributed by atoms with van der Waals surface area (Å²) in [6, 6.07) is 8.24. The van der Waals surface area contributed by atoms with Gasteiger partial charge >= 0.3 is 103 Å². The molecule has 1 rings (SSSR count). The second kappa shape index (κ2) is 14.4. The summed E-state index contributed by atoms with van der Waals surface area (Å²) in [5.74, 6) is -2.70. The van der Waals surface area contributed by atoms with Gasteiger partial charge in [-0.25, -0.2) is 0 Å². The molecule has 21 heavy (non-hydrogen) atoms. The molecule has 0 aliphatic heterocycles. The van der Waals surface area contributed by atoms with Gasteiger partial charge in [-0.15, -0.1) is 0 Å². The minimum Gasteiger partial charge on any atom is -0.550 e. The molecule has 1 unspecified atom stereocenters. The number of benzene rings is 1. The van der Waals surface area contributed by atoms with Crippen LogP contribution in [0.15, 0.2) is 41.4 Å². The minimum absolute atomic E-state index is 0. The zero-order valence-corrected chi connectivity index (χ0v) is 18.4. The predicted molar refractivity (Wildman–Crippen MR) is 67.0 cm³/mol. The second-order valence-corrected chi connectivity index (χ2v) is 3.81. The molecule has 0 aliphatic carbocycles. The van der Waals surface area contributed by atoms with E-state index in [-0.39, 0.29) is 116 Å². The van der Waals surface area contributed by atoms with E-state index in [1.807, 2.05) is 30.3 Å². The summed E-state index contributed by atoms with van der Waals surface area (Å²) in [7, 11) is 0. The number of allylic oxidation sites excluding steroid dienone is 1. The van der Waals surface area contributed by atoms with Gasteiger partial charge in [0.05, 0.1) is 12.0 Å². The van der Waals surface area contributed by atoms with Gasteiger partial charge in [-0.3, -0.25) is 4.99 Å². The maximum absolute atomic E-state index is 10.7. The molecule has 0 amide bonds. The number of carboxylic acid groups (broad SMARTS) is 2. The van der Waals surface area contributed by atoms with Crippen molar-refractivity contribution >= 4 is 24.2 Å². The van der Waals surface area contributed by atoms with Gasteiger partial charge in [-0.05, 0) is 24.5 Å². The van der Waals surface area contributed by atoms with Crippen LogP contribution in [0, 0.1) is 0 Å². The summed E-state index contributed by atoms with van der Waals surface area (Å²) < 4.78 is 0. The van der Waals surface area contributed by atoms with Crippen molar-refractivity contribution in [2.45, 2.75) is 18.9 Å². The molecule has 0 aromatic heterocycles. The van der Waals surface area contributed by atoms with E-state index in [9.17, 15) is 19.8 Å². The zero-order chi connectivity index (χ0) is 14.1. The first kappa shape index (κ1) is 24.1. The fourth-order valence-corrected chi connectivity index (χ4v) is 1.38. The molecule has 0 saturated carbocycles. The monoisotopic (exact) mass is 337 g/mol. The van der Waals surface area contributed by atoms with Crippen LogP contribution in [0.5, 0.6) is 0 Å². The van der Waals surface area contributed by atoms with E-state index in [1.54, 1.807) is 12.2 Å². The molecule has 0 bridgehead atoms. The van der Waals surface area contributed by atoms with Crippen LogP contribution in [0.1, 0.15) is 18.4 Å². The Balaban J connectivity index is 0. The Morgan fingerprint density at radius 3 is 2.29 bits per heavy atom. The number of carbonyl (C=O) groups is 2. The molecule has 5 nitrogen and oxygen atoms in total. The Hall–Kier alpha value is 0.843. The summed E-state index contributed by atoms with van der Waals surface area (Å²) in [6.07, 6.45) is 4.17. The first-order chi connectivity index (χ1) is 9.09. The normalized spacial score (nSPS) is 11.6. The van der Waals surface area contributed by atoms with Crippen LogP contribution >= 0.6 is 0 Å². The van der Waals surface area contributed by atoms with Gasteiger partial charge in [-0.2, -0.15) is 0 Å². The van der Waals surface area contributed by atoms with Crippen LogP contribution in [0.2, 0.25) is 0 Å². The third-order valence-electron chi connectivity index (χ3n) is 2.33. The zero-order valence-electron chi connectivity index (χ0n) is 12.2. The summed E-state index contributed by atoms with van der Waals surface area (Å²) in [6.45, 7) is 0. The number of nitrogens with zero attached hydrogens (tertiary/aromatic N) is 1. The molecule has 0 aliphatic rings. The van der Waals surface area contributed by atoms with Crippen LogP contribution in [0.25, 0.3) is 6.08 Å². The molecule has 7 heteroatoms. The van der Waals surface area contributed by atoms with Crippen molar-refractivity contribution in [1.29, 1.82) is 0 Å². The maximum atomic E-state index is 10.7. The average molecular weight is 337 g/mol. The Kier molecular flexibility index (Phi) is 16.6. The van der Waals surface area contributed by atoms with Gasteiger partial charge in [0.1, 0.15) is 0 Å². The third-order valence-corrected chi connectivity index (χ3v) is 2.33. The van der Waals surface area contributed by atoms with Crippen LogP contribution in [-0.2, 0) is 9.59 Å². The van der Waals surface area contributed by atoms with E-state index < -0.39 is 18.0 Å². The molecule has 0 fully saturated rings. The molecule has 0 spiro atoms. The molecule has 0 N–H and O–H groups in total. The fraction of sp³-hybridized carbons (Fsp3) is 0.214. The molecule has 1 aromatic carbocycles. The number of aliphatic carboxylic acids is 2. The number of rotatable bonds is 7. The van der Waals surface area contributed by atoms with E-state index in [4.69, 9.17) is 0 Å². The molecule has 0 heterocycles. The topological polar surface area (TPSA) is 92.6 Å². The minimum atomic E-state index is -1.40. The summed E-state index contributed by atoms with van der Waals surface area (Å²) >= 11 is 0. The van der Waals surface area contributed by atoms with Crippen molar-refractivity contribution in [2.75, 3.05) is 0 Å². The SMILES string of the molecule is O=C([O-])CCC(N=C/C=C/c1ccccc1)C(=O)[O-].[K+].[K+]. The summed E-state index contributed by atoms with van der Waals surface area (Å²) in [4.78, 5) is 24.7. The molecule has 100 valence electrons. The number of carbonyl (C=O) groups excluding carboxylic acids is 2. The second-order valence-electron chi connectivity index (χ2n) is 3.81. The molecule has 1 aromatic rings. The quantitative estimate of drug-likeness (QED) is 0.365. The van der Waals surface area contributed by atoms with Gasteiger partial charge in [0, 0.05) is 12.2 Å². The summed E-state index contributed by atoms with van der Waals surface area (Å²) in [5, 5.41) is 21.0. The van der Waals surface area contributed by atoms with Crippen molar-refractivity contribution in [2.24, 2.45) is 4.99 Å². The van der Waals surface area contributed by atoms with Crippen molar-refractivity contribution in [3.63, 3.8) is 0 Å². The number of hydrogen-bond donors (Lipinski definition) is 0. The first-order valence-corrected chi connectivity index (χ1v) is 5.75. The third kappa shape index (κ3) is 12.0. The fourth-order valence-electron chi connectivity index (χ4n) is 1.38. The van der Waals surface area contributed by atoms with E-state index >= 15 is 0 Å². The number of carboxylic acids is 2. The molecule has 0 radical (unpaired) electrons. The van der Waals surface area contributed by atoms with Crippen LogP contribution in [0.3, 0.4) is 0 Å². The molecule has 0 saturated heterocycles. The maximum Gasteiger partial charge on any atom is 1.00 e. The average Bonchev–Trinajstić information content (AvgIpc) is 2.38. The van der Waals surface area contributed by atoms with Gasteiger partial charge in [0.25, 0.3) is 0 Å². The van der Waals surface area contributed by atoms with E-state index in [1.165, 1.54) is 6.21 Å². The largest absolute Gasteiger partial charge is 1.00 e. The van der Waals surface area contributed by atoms with Crippen molar-refractivity contribution in [3.05, 3.63) is 42.0 Å². The van der Waals surface area contributed by atoms with Crippen LogP contribution in [0.4, 0.5) is 0 Å². The Morgan fingerprint density at radius 1 is 1.14 bits per heavy atom. The smallest absolute Gasteiger partial charge is 0.550 e. The Labute approximate surface area is 208 Å². The van der Waals surface area contributed by atoms with E-state index in [2.05, 4.69) is 4.99 Å². The van der Waals surface area contributed by atoms with Gasteiger partial charge < -0.3 is 19.8 Å². The van der Waals surface area contributed by atoms with Gasteiger partial charge in [-0.1, -0.05) is 36.4 Å². The van der Waals surface area contributed by atoms with Crippen LogP contribution < -0.4 is 113 Å². The van der Waals surface area contributed by atoms with Crippen molar-refractivity contribution in [3.8, 4) is 0 Å². The standard InChI is InChI=1S/C14H15NO4.2K/c16-13(17)9-8-12(14(18)19)15-10-4-7-11-5-2-1-3-6-11;;/h1-7,10,12H,8-9H2,(H,16,17)(H,18,19);;/q;2*+1/p-2/b7-4+,15-10?;;. The van der Waals surface area contributed by atoms with Crippen LogP contribution in [-0.4, -0.2) is 24.2 Å². The molecule has 1 atom stereocenters. The van der Waals surface area contributed by atoms with Gasteiger partial charge in [0.15, 0.2) is 0 Å². The molecular weight excluding hydrogens is 324 g/mol. The summed E-state index contributed by atoms with van der Waals surface area (Å²) in [5.41, 5.74) is 0.952. The van der Waals surface area contributed by atoms with E-state index in [0.29, 0.717) is 0 Å². The van der Waals surface area contributed by atoms with Crippen molar-refractivity contribution in [1.82, 2.24) is 0 Å². The predicted octanol–water partition coefficient (Wildman–Crippen LogP) is -6.57. The number of hydrogen-bond acceptors (Lipinski definition) is 5. The van der Waals surface area contributed by atoms with E-state index in [0.717, 1.165) is 5.56 Å². The van der Waals surface area contributed by atoms with Crippen molar-refractivity contribution < 1.29 is 123 Å². The molecular formula is C14H13K2NO4. The van der Waals surface area contributed by atoms with Gasteiger partial charge in [0.2, 0.25) is 0 Å². The Bertz CT molecular complexity index is 489.